The lowest BCUT2D eigenvalue weighted by atomic mass is 9.80. The Bertz CT molecular complexity index is 752. The molecular weight excluding hydrogens is 362 g/mol. The fraction of sp³-hybridized carbons (Fsp3) is 0.381. The third-order valence-corrected chi connectivity index (χ3v) is 4.89. The largest absolute Gasteiger partial charge is 0.455 e. The number of benzene rings is 2. The summed E-state index contributed by atoms with van der Waals surface area (Å²) in [5.74, 6) is 1.33. The molecule has 1 heterocycles. The van der Waals surface area contributed by atoms with Crippen LogP contribution in [0.15, 0.2) is 54.6 Å². The van der Waals surface area contributed by atoms with Crippen molar-refractivity contribution in [3.8, 4) is 11.5 Å². The molecular formula is C21H28ClN3O2. The lowest BCUT2D eigenvalue weighted by molar-refractivity contribution is -0.118. The average Bonchev–Trinajstić information content (AvgIpc) is 2.60. The molecule has 1 atom stereocenters. The van der Waals surface area contributed by atoms with Crippen LogP contribution in [-0.2, 0) is 4.79 Å². The van der Waals surface area contributed by atoms with Crippen LogP contribution < -0.4 is 15.8 Å². The van der Waals surface area contributed by atoms with Gasteiger partial charge in [-0.25, -0.2) is 0 Å². The third kappa shape index (κ3) is 5.70. The average molecular weight is 390 g/mol. The van der Waals surface area contributed by atoms with E-state index in [4.69, 9.17) is 10.5 Å². The molecule has 0 aliphatic carbocycles. The van der Waals surface area contributed by atoms with Crippen molar-refractivity contribution in [1.29, 1.82) is 0 Å². The van der Waals surface area contributed by atoms with Gasteiger partial charge in [-0.05, 0) is 36.1 Å². The Balaban J connectivity index is 0.00000261. The van der Waals surface area contributed by atoms with Crippen molar-refractivity contribution in [1.82, 2.24) is 4.90 Å². The van der Waals surface area contributed by atoms with Gasteiger partial charge in [0.05, 0.1) is 12.2 Å². The minimum absolute atomic E-state index is 0. The van der Waals surface area contributed by atoms with Crippen LogP contribution in [0.4, 0.5) is 5.69 Å². The number of nitrogens with zero attached hydrogens (tertiary/aromatic N) is 1. The summed E-state index contributed by atoms with van der Waals surface area (Å²) in [7, 11) is 0. The fourth-order valence-corrected chi connectivity index (χ4v) is 3.29. The van der Waals surface area contributed by atoms with E-state index in [2.05, 4.69) is 24.1 Å². The molecule has 1 aliphatic heterocycles. The van der Waals surface area contributed by atoms with Gasteiger partial charge in [0, 0.05) is 19.1 Å². The highest BCUT2D eigenvalue weighted by molar-refractivity contribution is 5.93. The Hall–Kier alpha value is -2.08. The standard InChI is InChI=1S/C21H27N3O2.ClH/c1-21(2)15-24(13-12-19(21)22)14-20(25)23-17-10-6-7-11-18(17)26-16-8-4-3-5-9-16;/h3-11,19H,12-15,22H2,1-2H3,(H,23,25);1H. The molecule has 1 saturated heterocycles. The Morgan fingerprint density at radius 2 is 1.85 bits per heavy atom. The van der Waals surface area contributed by atoms with Gasteiger partial charge in [-0.1, -0.05) is 44.2 Å². The summed E-state index contributed by atoms with van der Waals surface area (Å²) in [5.41, 5.74) is 6.87. The molecule has 1 amide bonds. The number of carbonyl (C=O) groups excluding carboxylic acids is 1. The van der Waals surface area contributed by atoms with Gasteiger partial charge in [-0.2, -0.15) is 0 Å². The summed E-state index contributed by atoms with van der Waals surface area (Å²) in [4.78, 5) is 14.7. The zero-order chi connectivity index (χ0) is 18.6. The minimum atomic E-state index is -0.0413. The van der Waals surface area contributed by atoms with E-state index in [9.17, 15) is 4.79 Å². The van der Waals surface area contributed by atoms with Crippen LogP contribution in [0.1, 0.15) is 20.3 Å². The first-order valence-corrected chi connectivity index (χ1v) is 9.04. The predicted molar refractivity (Wildman–Crippen MR) is 112 cm³/mol. The van der Waals surface area contributed by atoms with E-state index in [1.807, 2.05) is 54.6 Å². The van der Waals surface area contributed by atoms with Crippen molar-refractivity contribution in [2.45, 2.75) is 26.3 Å². The number of ether oxygens (including phenoxy) is 1. The molecule has 1 fully saturated rings. The molecule has 1 unspecified atom stereocenters. The van der Waals surface area contributed by atoms with Crippen LogP contribution in [0, 0.1) is 5.41 Å². The summed E-state index contributed by atoms with van der Waals surface area (Å²) >= 11 is 0. The van der Waals surface area contributed by atoms with Gasteiger partial charge in [-0.15, -0.1) is 12.4 Å². The molecule has 1 aliphatic rings. The topological polar surface area (TPSA) is 67.6 Å². The lowest BCUT2D eigenvalue weighted by Crippen LogP contribution is -2.53. The molecule has 0 radical (unpaired) electrons. The Morgan fingerprint density at radius 1 is 1.19 bits per heavy atom. The van der Waals surface area contributed by atoms with Crippen LogP contribution in [0.5, 0.6) is 11.5 Å². The van der Waals surface area contributed by atoms with E-state index in [1.54, 1.807) is 0 Å². The molecule has 0 saturated carbocycles. The van der Waals surface area contributed by atoms with Crippen molar-refractivity contribution in [2.75, 3.05) is 25.0 Å². The molecule has 0 spiro atoms. The number of halogens is 1. The number of likely N-dealkylation sites (tertiary alicyclic amines) is 1. The molecule has 0 aromatic heterocycles. The summed E-state index contributed by atoms with van der Waals surface area (Å²) < 4.78 is 5.90. The number of carbonyl (C=O) groups is 1. The van der Waals surface area contributed by atoms with E-state index < -0.39 is 0 Å². The zero-order valence-electron chi connectivity index (χ0n) is 15.9. The molecule has 146 valence electrons. The van der Waals surface area contributed by atoms with Gasteiger partial charge in [0.1, 0.15) is 5.75 Å². The van der Waals surface area contributed by atoms with E-state index >= 15 is 0 Å². The second kappa shape index (κ2) is 9.22. The second-order valence-corrected chi connectivity index (χ2v) is 7.55. The summed E-state index contributed by atoms with van der Waals surface area (Å²) in [5, 5.41) is 2.98. The smallest absolute Gasteiger partial charge is 0.238 e. The number of rotatable bonds is 5. The molecule has 6 heteroatoms. The fourth-order valence-electron chi connectivity index (χ4n) is 3.29. The van der Waals surface area contributed by atoms with Crippen LogP contribution in [0.25, 0.3) is 0 Å². The first-order valence-electron chi connectivity index (χ1n) is 9.04. The highest BCUT2D eigenvalue weighted by Gasteiger charge is 2.33. The normalized spacial score (nSPS) is 19.0. The number of anilines is 1. The number of piperidine rings is 1. The first-order chi connectivity index (χ1) is 12.4. The lowest BCUT2D eigenvalue weighted by Gasteiger charge is -2.42. The molecule has 3 N–H and O–H groups in total. The SMILES string of the molecule is CC1(C)CN(CC(=O)Nc2ccccc2Oc2ccccc2)CCC1N.Cl. The zero-order valence-corrected chi connectivity index (χ0v) is 16.7. The van der Waals surface area contributed by atoms with E-state index in [-0.39, 0.29) is 29.8 Å². The molecule has 27 heavy (non-hydrogen) atoms. The van der Waals surface area contributed by atoms with Crippen molar-refractivity contribution in [3.05, 3.63) is 54.6 Å². The van der Waals surface area contributed by atoms with Crippen LogP contribution in [0.3, 0.4) is 0 Å². The van der Waals surface area contributed by atoms with Gasteiger partial charge in [0.25, 0.3) is 0 Å². The Labute approximate surface area is 167 Å². The maximum Gasteiger partial charge on any atom is 0.238 e. The van der Waals surface area contributed by atoms with E-state index in [1.165, 1.54) is 0 Å². The number of nitrogens with two attached hydrogens (primary N) is 1. The van der Waals surface area contributed by atoms with Gasteiger partial charge >= 0.3 is 0 Å². The first kappa shape index (κ1) is 21.2. The number of amides is 1. The van der Waals surface area contributed by atoms with Crippen LogP contribution in [-0.4, -0.2) is 36.5 Å². The highest BCUT2D eigenvalue weighted by atomic mass is 35.5. The maximum absolute atomic E-state index is 12.5. The van der Waals surface area contributed by atoms with E-state index in [0.29, 0.717) is 18.0 Å². The van der Waals surface area contributed by atoms with Gasteiger partial charge < -0.3 is 15.8 Å². The second-order valence-electron chi connectivity index (χ2n) is 7.55. The molecule has 0 bridgehead atoms. The quantitative estimate of drug-likeness (QED) is 0.813. The predicted octanol–water partition coefficient (Wildman–Crippen LogP) is 3.90. The molecule has 5 nitrogen and oxygen atoms in total. The van der Waals surface area contributed by atoms with Gasteiger partial charge in [0.2, 0.25) is 5.91 Å². The van der Waals surface area contributed by atoms with Crippen molar-refractivity contribution in [2.24, 2.45) is 11.1 Å². The highest BCUT2D eigenvalue weighted by Crippen LogP contribution is 2.30. The minimum Gasteiger partial charge on any atom is -0.455 e. The molecule has 2 aromatic carbocycles. The summed E-state index contributed by atoms with van der Waals surface area (Å²) in [6, 6.07) is 17.2. The number of para-hydroxylation sites is 3. The van der Waals surface area contributed by atoms with Gasteiger partial charge in [0.15, 0.2) is 5.75 Å². The molecule has 2 aromatic rings. The van der Waals surface area contributed by atoms with Crippen molar-refractivity contribution >= 4 is 24.0 Å². The maximum atomic E-state index is 12.5. The number of hydrogen-bond acceptors (Lipinski definition) is 4. The van der Waals surface area contributed by atoms with Crippen molar-refractivity contribution in [3.63, 3.8) is 0 Å². The van der Waals surface area contributed by atoms with Crippen LogP contribution in [0.2, 0.25) is 0 Å². The number of hydrogen-bond donors (Lipinski definition) is 2. The van der Waals surface area contributed by atoms with Crippen molar-refractivity contribution < 1.29 is 9.53 Å². The monoisotopic (exact) mass is 389 g/mol. The molecule has 3 rings (SSSR count). The Kier molecular flexibility index (Phi) is 7.25. The summed E-state index contributed by atoms with van der Waals surface area (Å²) in [6.45, 7) is 6.34. The summed E-state index contributed by atoms with van der Waals surface area (Å²) in [6.07, 6.45) is 0.911. The van der Waals surface area contributed by atoms with E-state index in [0.717, 1.165) is 25.3 Å². The number of nitrogens with one attached hydrogen (secondary N) is 1. The Morgan fingerprint density at radius 3 is 2.56 bits per heavy atom. The third-order valence-electron chi connectivity index (χ3n) is 4.89. The van der Waals surface area contributed by atoms with Crippen LogP contribution >= 0.6 is 12.4 Å². The van der Waals surface area contributed by atoms with Gasteiger partial charge in [-0.3, -0.25) is 9.69 Å².